The molecule has 2 amide bonds. The van der Waals surface area contributed by atoms with Crippen LogP contribution in [0.25, 0.3) is 11.4 Å². The molecule has 2 rings (SSSR count). The average Bonchev–Trinajstić information content (AvgIpc) is 3.12. The largest absolute Gasteiger partial charge is 0.343 e. The number of anilines is 1. The lowest BCUT2D eigenvalue weighted by Crippen LogP contribution is -2.30. The number of hydrogen-bond acceptors (Lipinski definition) is 5. The molecule has 0 aliphatic carbocycles. The maximum atomic E-state index is 12.0. The Labute approximate surface area is 165 Å². The molecule has 2 aromatic rings. The summed E-state index contributed by atoms with van der Waals surface area (Å²) in [6.07, 6.45) is 1.25. The number of aromatic nitrogens is 3. The van der Waals surface area contributed by atoms with Crippen molar-refractivity contribution in [2.75, 3.05) is 18.4 Å². The van der Waals surface area contributed by atoms with Crippen LogP contribution in [0.2, 0.25) is 0 Å². The molecule has 9 heteroatoms. The minimum absolute atomic E-state index is 0. The van der Waals surface area contributed by atoms with Gasteiger partial charge in [-0.15, -0.1) is 12.4 Å². The number of rotatable bonds is 9. The van der Waals surface area contributed by atoms with Gasteiger partial charge in [0.1, 0.15) is 5.82 Å². The van der Waals surface area contributed by atoms with Crippen molar-refractivity contribution in [3.05, 3.63) is 30.1 Å². The second-order valence-electron chi connectivity index (χ2n) is 5.85. The summed E-state index contributed by atoms with van der Waals surface area (Å²) < 4.78 is 0. The van der Waals surface area contributed by atoms with Crippen molar-refractivity contribution in [1.82, 2.24) is 20.1 Å². The molecule has 0 unspecified atom stereocenters. The predicted octanol–water partition coefficient (Wildman–Crippen LogP) is 2.33. The quantitative estimate of drug-likeness (QED) is 0.603. The van der Waals surface area contributed by atoms with E-state index in [1.54, 1.807) is 17.0 Å². The molecule has 0 atom stereocenters. The van der Waals surface area contributed by atoms with Gasteiger partial charge in [-0.1, -0.05) is 0 Å². The number of carbonyl (C=O) groups excluding carboxylic acids is 2. The average molecular weight is 395 g/mol. The first-order valence-electron chi connectivity index (χ1n) is 8.86. The summed E-state index contributed by atoms with van der Waals surface area (Å²) in [5.74, 6) is 1.18. The van der Waals surface area contributed by atoms with Crippen LogP contribution in [0.1, 0.15) is 38.9 Å². The standard InChI is InChI=1S/C18H26N6O2.ClH/c1-3-24(4-2)17(26)7-5-6-16(25)20-14-10-8-13(9-11-14)18-21-15(12-19)22-23-18;/h8-11H,3-7,12,19H2,1-2H3,(H,20,25)(H,21,22,23);1H. The summed E-state index contributed by atoms with van der Waals surface area (Å²) in [7, 11) is 0. The Morgan fingerprint density at radius 3 is 2.37 bits per heavy atom. The molecule has 0 aliphatic heterocycles. The van der Waals surface area contributed by atoms with Crippen LogP contribution in [-0.4, -0.2) is 45.0 Å². The molecule has 0 aliphatic rings. The molecule has 0 saturated heterocycles. The number of nitrogens with one attached hydrogen (secondary N) is 2. The summed E-state index contributed by atoms with van der Waals surface area (Å²) in [5.41, 5.74) is 7.04. The maximum Gasteiger partial charge on any atom is 0.224 e. The van der Waals surface area contributed by atoms with Gasteiger partial charge in [0.05, 0.1) is 6.54 Å². The summed E-state index contributed by atoms with van der Waals surface area (Å²) in [4.78, 5) is 30.0. The second-order valence-corrected chi connectivity index (χ2v) is 5.85. The highest BCUT2D eigenvalue weighted by molar-refractivity contribution is 5.91. The Morgan fingerprint density at radius 2 is 1.81 bits per heavy atom. The minimum Gasteiger partial charge on any atom is -0.343 e. The monoisotopic (exact) mass is 394 g/mol. The van der Waals surface area contributed by atoms with Gasteiger partial charge >= 0.3 is 0 Å². The van der Waals surface area contributed by atoms with Crippen molar-refractivity contribution in [3.8, 4) is 11.4 Å². The number of amides is 2. The Morgan fingerprint density at radius 1 is 1.15 bits per heavy atom. The van der Waals surface area contributed by atoms with E-state index in [1.807, 2.05) is 26.0 Å². The number of carbonyl (C=O) groups is 2. The number of nitrogens with two attached hydrogens (primary N) is 1. The predicted molar refractivity (Wildman–Crippen MR) is 107 cm³/mol. The lowest BCUT2D eigenvalue weighted by molar-refractivity contribution is -0.130. The molecule has 4 N–H and O–H groups in total. The number of benzene rings is 1. The third-order valence-corrected chi connectivity index (χ3v) is 4.06. The fourth-order valence-electron chi connectivity index (χ4n) is 2.58. The van der Waals surface area contributed by atoms with Gasteiger partial charge in [0.2, 0.25) is 11.8 Å². The molecule has 0 fully saturated rings. The molecule has 1 heterocycles. The van der Waals surface area contributed by atoms with Crippen molar-refractivity contribution < 1.29 is 9.59 Å². The van der Waals surface area contributed by atoms with Gasteiger partial charge in [0.15, 0.2) is 5.82 Å². The molecule has 27 heavy (non-hydrogen) atoms. The first-order valence-corrected chi connectivity index (χ1v) is 8.86. The normalized spacial score (nSPS) is 10.2. The van der Waals surface area contributed by atoms with E-state index in [0.29, 0.717) is 56.2 Å². The smallest absolute Gasteiger partial charge is 0.224 e. The van der Waals surface area contributed by atoms with Crippen LogP contribution in [0.3, 0.4) is 0 Å². The molecule has 8 nitrogen and oxygen atoms in total. The first-order chi connectivity index (χ1) is 12.6. The van der Waals surface area contributed by atoms with Gasteiger partial charge in [-0.2, -0.15) is 5.10 Å². The summed E-state index contributed by atoms with van der Waals surface area (Å²) in [6.45, 7) is 5.61. The van der Waals surface area contributed by atoms with Gasteiger partial charge in [-0.05, 0) is 44.5 Å². The molecule has 0 bridgehead atoms. The number of halogens is 1. The molecular formula is C18H27ClN6O2. The van der Waals surface area contributed by atoms with Crippen LogP contribution in [0.5, 0.6) is 0 Å². The highest BCUT2D eigenvalue weighted by Gasteiger charge is 2.11. The third kappa shape index (κ3) is 6.65. The van der Waals surface area contributed by atoms with Gasteiger partial charge in [-0.3, -0.25) is 14.7 Å². The molecule has 0 spiro atoms. The van der Waals surface area contributed by atoms with Crippen molar-refractivity contribution in [3.63, 3.8) is 0 Å². The van der Waals surface area contributed by atoms with Crippen LogP contribution >= 0.6 is 12.4 Å². The second kappa shape index (κ2) is 11.3. The van der Waals surface area contributed by atoms with E-state index in [4.69, 9.17) is 5.73 Å². The van der Waals surface area contributed by atoms with Gasteiger partial charge in [0.25, 0.3) is 0 Å². The van der Waals surface area contributed by atoms with Crippen LogP contribution in [0.15, 0.2) is 24.3 Å². The lowest BCUT2D eigenvalue weighted by Gasteiger charge is -2.18. The highest BCUT2D eigenvalue weighted by Crippen LogP contribution is 2.18. The zero-order chi connectivity index (χ0) is 18.9. The Hall–Kier alpha value is -2.45. The van der Waals surface area contributed by atoms with Crippen LogP contribution in [0.4, 0.5) is 5.69 Å². The Bertz CT molecular complexity index is 728. The van der Waals surface area contributed by atoms with Crippen molar-refractivity contribution in [2.24, 2.45) is 5.73 Å². The first kappa shape index (κ1) is 22.6. The zero-order valence-corrected chi connectivity index (χ0v) is 16.5. The molecule has 0 saturated carbocycles. The maximum absolute atomic E-state index is 12.0. The van der Waals surface area contributed by atoms with E-state index in [1.165, 1.54) is 0 Å². The fourth-order valence-corrected chi connectivity index (χ4v) is 2.58. The number of hydrogen-bond donors (Lipinski definition) is 3. The van der Waals surface area contributed by atoms with E-state index in [0.717, 1.165) is 5.56 Å². The van der Waals surface area contributed by atoms with Crippen LogP contribution in [-0.2, 0) is 16.1 Å². The summed E-state index contributed by atoms with van der Waals surface area (Å²) in [5, 5.41) is 9.69. The van der Waals surface area contributed by atoms with Crippen molar-refractivity contribution in [2.45, 2.75) is 39.7 Å². The topological polar surface area (TPSA) is 117 Å². The van der Waals surface area contributed by atoms with E-state index >= 15 is 0 Å². The van der Waals surface area contributed by atoms with E-state index in [-0.39, 0.29) is 24.2 Å². The van der Waals surface area contributed by atoms with Gasteiger partial charge in [0, 0.05) is 37.2 Å². The zero-order valence-electron chi connectivity index (χ0n) is 15.7. The SMILES string of the molecule is CCN(CC)C(=O)CCCC(=O)Nc1ccc(-c2n[nH]c(CN)n2)cc1.Cl. The lowest BCUT2D eigenvalue weighted by atomic mass is 10.2. The summed E-state index contributed by atoms with van der Waals surface area (Å²) in [6, 6.07) is 7.27. The molecule has 148 valence electrons. The van der Waals surface area contributed by atoms with E-state index in [9.17, 15) is 9.59 Å². The van der Waals surface area contributed by atoms with Crippen LogP contribution in [0, 0.1) is 0 Å². The van der Waals surface area contributed by atoms with E-state index < -0.39 is 0 Å². The molecule has 1 aromatic heterocycles. The van der Waals surface area contributed by atoms with Crippen LogP contribution < -0.4 is 11.1 Å². The van der Waals surface area contributed by atoms with Crippen molar-refractivity contribution >= 4 is 29.9 Å². The van der Waals surface area contributed by atoms with E-state index in [2.05, 4.69) is 20.5 Å². The Balaban J connectivity index is 0.00000364. The van der Waals surface area contributed by atoms with Crippen molar-refractivity contribution in [1.29, 1.82) is 0 Å². The fraction of sp³-hybridized carbons (Fsp3) is 0.444. The minimum atomic E-state index is -0.103. The Kier molecular flexibility index (Phi) is 9.46. The third-order valence-electron chi connectivity index (χ3n) is 4.06. The highest BCUT2D eigenvalue weighted by atomic mass is 35.5. The molecule has 1 aromatic carbocycles. The summed E-state index contributed by atoms with van der Waals surface area (Å²) >= 11 is 0. The number of aromatic amines is 1. The molecule has 0 radical (unpaired) electrons. The number of nitrogens with zero attached hydrogens (tertiary/aromatic N) is 3. The van der Waals surface area contributed by atoms with Gasteiger partial charge in [-0.25, -0.2) is 4.98 Å². The van der Waals surface area contributed by atoms with Gasteiger partial charge < -0.3 is 16.0 Å². The molecular weight excluding hydrogens is 368 g/mol. The number of H-pyrrole nitrogens is 1.